The zero-order chi connectivity index (χ0) is 18.1. The molecule has 0 unspecified atom stereocenters. The number of para-hydroxylation sites is 1. The Morgan fingerprint density at radius 1 is 1.04 bits per heavy atom. The van der Waals surface area contributed by atoms with Crippen molar-refractivity contribution < 1.29 is 9.59 Å². The molecule has 0 N–H and O–H groups in total. The van der Waals surface area contributed by atoms with Gasteiger partial charge in [-0.2, -0.15) is 0 Å². The van der Waals surface area contributed by atoms with Crippen molar-refractivity contribution in [1.29, 1.82) is 0 Å². The molecule has 1 heterocycles. The number of ketones is 1. The fourth-order valence-electron chi connectivity index (χ4n) is 2.11. The summed E-state index contributed by atoms with van der Waals surface area (Å²) in [6.45, 7) is 9.57. The van der Waals surface area contributed by atoms with Gasteiger partial charge in [-0.25, -0.2) is 0 Å². The number of hydrogen-bond acceptors (Lipinski definition) is 3. The lowest BCUT2D eigenvalue weighted by atomic mass is 10.1. The first-order chi connectivity index (χ1) is 11.4. The topological polar surface area (TPSA) is 50.3 Å². The number of benzene rings is 1. The molecule has 1 aromatic carbocycles. The Balaban J connectivity index is 0.000000891. The first kappa shape index (κ1) is 19.6. The van der Waals surface area contributed by atoms with Gasteiger partial charge in [0.25, 0.3) is 5.91 Å². The highest BCUT2D eigenvalue weighted by atomic mass is 16.2. The van der Waals surface area contributed by atoms with Crippen molar-refractivity contribution >= 4 is 17.4 Å². The number of rotatable bonds is 4. The first-order valence-electron chi connectivity index (χ1n) is 8.20. The van der Waals surface area contributed by atoms with E-state index in [1.807, 2.05) is 38.1 Å². The van der Waals surface area contributed by atoms with Crippen LogP contribution in [0.4, 0.5) is 5.69 Å². The monoisotopic (exact) mass is 326 g/mol. The maximum absolute atomic E-state index is 12.7. The third-order valence-electron chi connectivity index (χ3n) is 3.19. The van der Waals surface area contributed by atoms with Crippen LogP contribution in [0.2, 0.25) is 0 Å². The second-order valence-corrected chi connectivity index (χ2v) is 5.78. The molecule has 1 amide bonds. The molecule has 0 fully saturated rings. The number of nitrogens with zero attached hydrogens (tertiary/aromatic N) is 2. The lowest BCUT2D eigenvalue weighted by Crippen LogP contribution is -2.35. The van der Waals surface area contributed by atoms with Crippen LogP contribution < -0.4 is 4.90 Å². The summed E-state index contributed by atoms with van der Waals surface area (Å²) in [6.07, 6.45) is 2.79. The fourth-order valence-corrected chi connectivity index (χ4v) is 2.11. The van der Waals surface area contributed by atoms with E-state index in [0.717, 1.165) is 16.9 Å². The standard InChI is InChI=1S/C17H18N2O2.C3H8/c1-12-6-4-5-7-16(12)19(11-14(3)20)17(21)15-9-8-13(2)18-10-15;1-3-2/h4-10H,11H2,1-3H3;3H2,1-2H3. The lowest BCUT2D eigenvalue weighted by molar-refractivity contribution is -0.115. The summed E-state index contributed by atoms with van der Waals surface area (Å²) in [7, 11) is 0. The maximum Gasteiger partial charge on any atom is 0.260 e. The Morgan fingerprint density at radius 2 is 1.67 bits per heavy atom. The Kier molecular flexibility index (Phi) is 7.83. The Hall–Kier alpha value is -2.49. The molecule has 0 spiro atoms. The van der Waals surface area contributed by atoms with Crippen LogP contribution in [0, 0.1) is 13.8 Å². The molecule has 0 bridgehead atoms. The molecule has 0 aliphatic carbocycles. The molecule has 1 aromatic heterocycles. The molecule has 0 aliphatic rings. The number of hydrogen-bond donors (Lipinski definition) is 0. The van der Waals surface area contributed by atoms with Crippen LogP contribution in [0.1, 0.15) is 48.8 Å². The van der Waals surface area contributed by atoms with Crippen LogP contribution >= 0.6 is 0 Å². The van der Waals surface area contributed by atoms with Crippen LogP contribution in [-0.2, 0) is 4.79 Å². The van der Waals surface area contributed by atoms with Crippen LogP contribution in [0.5, 0.6) is 0 Å². The van der Waals surface area contributed by atoms with Crippen molar-refractivity contribution in [2.24, 2.45) is 0 Å². The van der Waals surface area contributed by atoms with E-state index in [1.165, 1.54) is 18.2 Å². The molecule has 4 nitrogen and oxygen atoms in total. The zero-order valence-electron chi connectivity index (χ0n) is 15.2. The minimum Gasteiger partial charge on any atom is -0.301 e. The summed E-state index contributed by atoms with van der Waals surface area (Å²) >= 11 is 0. The quantitative estimate of drug-likeness (QED) is 0.839. The van der Waals surface area contributed by atoms with E-state index < -0.39 is 0 Å². The predicted octanol–water partition coefficient (Wildman–Crippen LogP) is 4.35. The molecule has 0 atom stereocenters. The zero-order valence-corrected chi connectivity index (χ0v) is 15.2. The fraction of sp³-hybridized carbons (Fsp3) is 0.350. The first-order valence-corrected chi connectivity index (χ1v) is 8.20. The van der Waals surface area contributed by atoms with Gasteiger partial charge in [-0.05, 0) is 44.5 Å². The van der Waals surface area contributed by atoms with Crippen LogP contribution in [0.3, 0.4) is 0 Å². The van der Waals surface area contributed by atoms with E-state index >= 15 is 0 Å². The number of carbonyl (C=O) groups excluding carboxylic acids is 2. The van der Waals surface area contributed by atoms with Gasteiger partial charge in [0.15, 0.2) is 0 Å². The van der Waals surface area contributed by atoms with Crippen LogP contribution in [0.15, 0.2) is 42.6 Å². The molecule has 0 radical (unpaired) electrons. The second-order valence-electron chi connectivity index (χ2n) is 5.78. The van der Waals surface area contributed by atoms with Gasteiger partial charge in [0, 0.05) is 17.6 Å². The van der Waals surface area contributed by atoms with Gasteiger partial charge in [-0.15, -0.1) is 0 Å². The van der Waals surface area contributed by atoms with E-state index in [0.29, 0.717) is 5.56 Å². The van der Waals surface area contributed by atoms with Crippen molar-refractivity contribution in [3.63, 3.8) is 0 Å². The highest BCUT2D eigenvalue weighted by Gasteiger charge is 2.20. The largest absolute Gasteiger partial charge is 0.301 e. The molecule has 0 saturated heterocycles. The average molecular weight is 326 g/mol. The van der Waals surface area contributed by atoms with Crippen LogP contribution in [0.25, 0.3) is 0 Å². The molecule has 0 aliphatic heterocycles. The minimum atomic E-state index is -0.216. The smallest absolute Gasteiger partial charge is 0.260 e. The van der Waals surface area contributed by atoms with Crippen LogP contribution in [-0.4, -0.2) is 23.2 Å². The summed E-state index contributed by atoms with van der Waals surface area (Å²) in [4.78, 5) is 29.8. The number of carbonyl (C=O) groups is 2. The molecular formula is C20H26N2O2. The molecular weight excluding hydrogens is 300 g/mol. The van der Waals surface area contributed by atoms with E-state index in [1.54, 1.807) is 18.3 Å². The normalized spacial score (nSPS) is 9.71. The van der Waals surface area contributed by atoms with E-state index in [4.69, 9.17) is 0 Å². The molecule has 24 heavy (non-hydrogen) atoms. The number of anilines is 1. The molecule has 128 valence electrons. The number of amides is 1. The van der Waals surface area contributed by atoms with Crippen molar-refractivity contribution in [2.45, 2.75) is 41.0 Å². The predicted molar refractivity (Wildman–Crippen MR) is 98.5 cm³/mol. The SMILES string of the molecule is CC(=O)CN(C(=O)c1ccc(C)nc1)c1ccccc1C.CCC. The maximum atomic E-state index is 12.7. The minimum absolute atomic E-state index is 0.0531. The van der Waals surface area contributed by atoms with Crippen molar-refractivity contribution in [3.8, 4) is 0 Å². The lowest BCUT2D eigenvalue weighted by Gasteiger charge is -2.23. The van der Waals surface area contributed by atoms with Crippen molar-refractivity contribution in [3.05, 3.63) is 59.4 Å². The molecule has 2 rings (SSSR count). The second kappa shape index (κ2) is 9.60. The highest BCUT2D eigenvalue weighted by Crippen LogP contribution is 2.21. The van der Waals surface area contributed by atoms with Gasteiger partial charge in [-0.3, -0.25) is 14.6 Å². The van der Waals surface area contributed by atoms with Gasteiger partial charge in [0.2, 0.25) is 0 Å². The third kappa shape index (κ3) is 5.61. The number of pyridine rings is 1. The van der Waals surface area contributed by atoms with Gasteiger partial charge >= 0.3 is 0 Å². The number of Topliss-reactive ketones (excluding diaryl/α,β-unsaturated/α-hetero) is 1. The molecule has 0 saturated carbocycles. The van der Waals surface area contributed by atoms with Crippen molar-refractivity contribution in [2.75, 3.05) is 11.4 Å². The third-order valence-corrected chi connectivity index (χ3v) is 3.19. The van der Waals surface area contributed by atoms with E-state index in [2.05, 4.69) is 18.8 Å². The number of aromatic nitrogens is 1. The Bertz CT molecular complexity index is 678. The summed E-state index contributed by atoms with van der Waals surface area (Å²) in [5.41, 5.74) is 3.02. The summed E-state index contributed by atoms with van der Waals surface area (Å²) < 4.78 is 0. The number of aryl methyl sites for hydroxylation is 2. The van der Waals surface area contributed by atoms with Gasteiger partial charge in [0.05, 0.1) is 12.1 Å². The summed E-state index contributed by atoms with van der Waals surface area (Å²) in [6, 6.07) is 11.0. The Labute approximate surface area is 144 Å². The van der Waals surface area contributed by atoms with E-state index in [9.17, 15) is 9.59 Å². The summed E-state index contributed by atoms with van der Waals surface area (Å²) in [5.74, 6) is -0.279. The molecule has 2 aromatic rings. The summed E-state index contributed by atoms with van der Waals surface area (Å²) in [5, 5.41) is 0. The Morgan fingerprint density at radius 3 is 2.17 bits per heavy atom. The average Bonchev–Trinajstić information content (AvgIpc) is 2.54. The van der Waals surface area contributed by atoms with Gasteiger partial charge in [-0.1, -0.05) is 38.5 Å². The van der Waals surface area contributed by atoms with E-state index in [-0.39, 0.29) is 18.2 Å². The van der Waals surface area contributed by atoms with Gasteiger partial charge in [0.1, 0.15) is 5.78 Å². The van der Waals surface area contributed by atoms with Gasteiger partial charge < -0.3 is 4.90 Å². The highest BCUT2D eigenvalue weighted by molar-refractivity contribution is 6.08. The van der Waals surface area contributed by atoms with Crippen molar-refractivity contribution in [1.82, 2.24) is 4.98 Å². The molecule has 4 heteroatoms.